The molecule has 1 atom stereocenters. The largest absolute Gasteiger partial charge is 0.505 e. The predicted molar refractivity (Wildman–Crippen MR) is 323 cm³/mol. The van der Waals surface area contributed by atoms with Crippen molar-refractivity contribution in [3.05, 3.63) is 122 Å². The number of nitrogens with one attached hydrogen (secondary N) is 3. The molecule has 0 radical (unpaired) electrons. The lowest BCUT2D eigenvalue weighted by molar-refractivity contribution is -0.385. The van der Waals surface area contributed by atoms with Crippen molar-refractivity contribution in [3.8, 4) is 11.5 Å². The van der Waals surface area contributed by atoms with Gasteiger partial charge in [0.25, 0.3) is 82.4 Å². The van der Waals surface area contributed by atoms with E-state index in [1.807, 2.05) is 0 Å². The van der Waals surface area contributed by atoms with Gasteiger partial charge < -0.3 is 41.5 Å². The molecule has 7 rings (SSSR count). The summed E-state index contributed by atoms with van der Waals surface area (Å²) in [5.41, 5.74) is -7.66. The second-order valence-electron chi connectivity index (χ2n) is 18.8. The first-order valence-electron chi connectivity index (χ1n) is 24.9. The van der Waals surface area contributed by atoms with Crippen molar-refractivity contribution < 1.29 is 126 Å². The number of halogens is 1. The SMILES string of the molecule is N=C(C(=O)NCCOCCO)/C(N=Nc1c(Cl)cc(N=Nc2c(S(=O)(=O)O)cc3c(S(=O)(=O)O)c(N=NC4=C(N)c5c(cc(S(=O)(=O)O)c(N=Nc6ccc([N+](=O)[O-])cc6S(=O)(=O)O)c5O)C(S(=O)(=O)O)C4)ccc3c2O)cc1S(=O)(=O)O)=C(/O)Nc1ccc(S(=O)(=O)O)cc1. The van der Waals surface area contributed by atoms with Crippen LogP contribution in [0.2, 0.25) is 5.02 Å². The Labute approximate surface area is 542 Å². The van der Waals surface area contributed by atoms with Gasteiger partial charge in [0.1, 0.15) is 58.2 Å². The summed E-state index contributed by atoms with van der Waals surface area (Å²) in [5.74, 6) is -5.52. The molecule has 6 aromatic rings. The van der Waals surface area contributed by atoms with Crippen LogP contribution in [0.4, 0.5) is 45.5 Å². The van der Waals surface area contributed by atoms with Gasteiger partial charge in [0, 0.05) is 47.1 Å². The lowest BCUT2D eigenvalue weighted by Gasteiger charge is -2.26. The van der Waals surface area contributed by atoms with Crippen molar-refractivity contribution in [2.75, 3.05) is 31.7 Å². The highest BCUT2D eigenvalue weighted by Gasteiger charge is 2.40. The van der Waals surface area contributed by atoms with Gasteiger partial charge in [-0.2, -0.15) is 69.2 Å². The van der Waals surface area contributed by atoms with Gasteiger partial charge in [-0.15, -0.1) is 30.7 Å². The van der Waals surface area contributed by atoms with E-state index in [0.717, 1.165) is 24.3 Å². The number of aliphatic hydroxyl groups is 2. The summed E-state index contributed by atoms with van der Waals surface area (Å²) < 4.78 is 253. The monoisotopic (exact) mass is 1500 g/mol. The first-order chi connectivity index (χ1) is 44.2. The maximum absolute atomic E-state index is 13.2. The van der Waals surface area contributed by atoms with Crippen molar-refractivity contribution in [3.63, 3.8) is 0 Å². The first kappa shape index (κ1) is 74.0. The Morgan fingerprint density at radius 1 is 0.646 bits per heavy atom. The third kappa shape index (κ3) is 16.8. The van der Waals surface area contributed by atoms with Crippen LogP contribution in [0.1, 0.15) is 22.8 Å². The fourth-order valence-corrected chi connectivity index (χ4v) is 13.5. The number of nitrogens with two attached hydrogens (primary N) is 1. The van der Waals surface area contributed by atoms with E-state index in [9.17, 15) is 121 Å². The number of aliphatic hydroxyl groups excluding tert-OH is 2. The van der Waals surface area contributed by atoms with Gasteiger partial charge in [-0.1, -0.05) is 11.6 Å². The number of carbonyl (C=O) groups is 1. The van der Waals surface area contributed by atoms with E-state index < -0.39 is 236 Å². The van der Waals surface area contributed by atoms with E-state index >= 15 is 0 Å². The molecular weight excluding hydrogens is 1460 g/mol. The number of azo groups is 4. The number of non-ortho nitro benzene ring substituents is 1. The van der Waals surface area contributed by atoms with Crippen LogP contribution in [0.25, 0.3) is 16.5 Å². The summed E-state index contributed by atoms with van der Waals surface area (Å²) in [4.78, 5) is 15.4. The molecule has 0 heterocycles. The van der Waals surface area contributed by atoms with Gasteiger partial charge in [0.05, 0.1) is 51.7 Å². The quantitative estimate of drug-likeness (QED) is 0.00600. The van der Waals surface area contributed by atoms with Crippen molar-refractivity contribution in [1.29, 1.82) is 5.41 Å². The summed E-state index contributed by atoms with van der Waals surface area (Å²) in [6.45, 7) is -1.08. The number of carbonyl (C=O) groups excluding carboxylic acids is 1. The van der Waals surface area contributed by atoms with Crippen LogP contribution in [-0.2, 0) is 80.4 Å². The molecule has 1 aliphatic carbocycles. The van der Waals surface area contributed by atoms with Crippen LogP contribution < -0.4 is 16.4 Å². The molecule has 0 bridgehead atoms. The fraction of sp³-hybridized carbons (Fsp3) is 0.130. The molecule has 6 aromatic carbocycles. The molecule has 42 nitrogen and oxygen atoms in total. The van der Waals surface area contributed by atoms with E-state index in [1.165, 1.54) is 0 Å². The standard InChI is InChI=1S/C46H40ClN13O29S7/c47-26-13-20(14-32(93(77,78)79)38(26)56-59-41(37(49)45(64)50-9-11-89-12-10-61)46(65)51-19-1-4-22(5-2-19)90(68,69)70)52-57-39-33(94(80,81)82)16-24-23(42(39)62)6-8-28(44(24)96(86,87)88)54-55-29-18-30(91(71,72)73)25-17-34(95(83,84)85)40(43(63)35(25)36(29)48)58-53-27-7-3-21(60(66)67)15-31(27)92(74,75)76/h1-8,13-17,30,49,51,61-63,65H,9-12,18,48H2,(H,50,64)(H,68,69,70)(H,71,72,73)(H,74,75,76)(H,77,78,79)(H,80,81,82)(H,83,84,85)(H,86,87,88)/b46-41-,49-37?,55-54?,57-52?,58-53?,59-56?. The van der Waals surface area contributed by atoms with E-state index in [4.69, 9.17) is 32.6 Å². The van der Waals surface area contributed by atoms with Gasteiger partial charge in [0.2, 0.25) is 5.88 Å². The molecule has 1 unspecified atom stereocenters. The number of aromatic hydroxyl groups is 2. The highest BCUT2D eigenvalue weighted by atomic mass is 35.5. The lowest BCUT2D eigenvalue weighted by Crippen LogP contribution is -2.34. The third-order valence-electron chi connectivity index (χ3n) is 12.6. The van der Waals surface area contributed by atoms with E-state index in [1.54, 1.807) is 0 Å². The minimum Gasteiger partial charge on any atom is -0.505 e. The van der Waals surface area contributed by atoms with Crippen LogP contribution in [0, 0.1) is 15.5 Å². The zero-order valence-electron chi connectivity index (χ0n) is 46.7. The van der Waals surface area contributed by atoms with Gasteiger partial charge in [-0.3, -0.25) is 52.2 Å². The van der Waals surface area contributed by atoms with Gasteiger partial charge >= 0.3 is 0 Å². The van der Waals surface area contributed by atoms with Crippen molar-refractivity contribution in [2.24, 2.45) is 46.6 Å². The molecule has 0 aromatic heterocycles. The maximum Gasteiger partial charge on any atom is 0.297 e. The number of nitro groups is 1. The number of rotatable bonds is 25. The number of allylic oxidation sites excluding steroid dienone is 1. The molecule has 1 amide bonds. The predicted octanol–water partition coefficient (Wildman–Crippen LogP) is 5.94. The zero-order chi connectivity index (χ0) is 71.7. The highest BCUT2D eigenvalue weighted by molar-refractivity contribution is 7.87. The number of fused-ring (bicyclic) bond motifs is 2. The summed E-state index contributed by atoms with van der Waals surface area (Å²) in [6.07, 6.45) is -1.20. The number of benzene rings is 6. The minimum atomic E-state index is -5.82. The van der Waals surface area contributed by atoms with Crippen molar-refractivity contribution >= 4 is 156 Å². The Morgan fingerprint density at radius 2 is 1.21 bits per heavy atom. The van der Waals surface area contributed by atoms with Crippen LogP contribution >= 0.6 is 11.6 Å². The molecule has 0 fully saturated rings. The number of phenolic OH excluding ortho intramolecular Hbond substituents is 2. The van der Waals surface area contributed by atoms with Gasteiger partial charge in [0.15, 0.2) is 22.9 Å². The van der Waals surface area contributed by atoms with Gasteiger partial charge in [-0.05, 0) is 72.3 Å². The zero-order valence-corrected chi connectivity index (χ0v) is 53.2. The van der Waals surface area contributed by atoms with Gasteiger partial charge in [-0.25, -0.2) is 0 Å². The topological polar surface area (TPSA) is 704 Å². The molecule has 512 valence electrons. The Balaban J connectivity index is 1.33. The van der Waals surface area contributed by atoms with E-state index in [-0.39, 0.29) is 43.6 Å². The summed E-state index contributed by atoms with van der Waals surface area (Å²) in [5, 5.41) is 90.5. The number of anilines is 1. The third-order valence-corrected chi connectivity index (χ3v) is 19.3. The summed E-state index contributed by atoms with van der Waals surface area (Å²) in [6, 6.07) is 8.09. The molecular formula is C46H40ClN13O29S7. The fourth-order valence-electron chi connectivity index (χ4n) is 8.37. The van der Waals surface area contributed by atoms with Crippen LogP contribution in [0.3, 0.4) is 0 Å². The van der Waals surface area contributed by atoms with E-state index in [2.05, 4.69) is 51.5 Å². The second-order valence-corrected chi connectivity index (χ2v) is 29.2. The number of nitro benzene ring substituents is 1. The first-order valence-corrected chi connectivity index (χ1v) is 35.5. The smallest absolute Gasteiger partial charge is 0.297 e. The Morgan fingerprint density at radius 3 is 1.77 bits per heavy atom. The molecule has 16 N–H and O–H groups in total. The van der Waals surface area contributed by atoms with Crippen LogP contribution in [0.5, 0.6) is 11.5 Å². The molecule has 50 heteroatoms. The average molecular weight is 1500 g/mol. The Hall–Kier alpha value is -9.42. The highest BCUT2D eigenvalue weighted by Crippen LogP contribution is 2.51. The number of nitrogens with zero attached hydrogens (tertiary/aromatic N) is 9. The summed E-state index contributed by atoms with van der Waals surface area (Å²) in [7, 11) is -38.6. The van der Waals surface area contributed by atoms with Crippen molar-refractivity contribution in [1.82, 2.24) is 5.32 Å². The van der Waals surface area contributed by atoms with E-state index in [0.29, 0.717) is 36.4 Å². The molecule has 0 saturated carbocycles. The lowest BCUT2D eigenvalue weighted by atomic mass is 9.91. The normalized spacial score (nSPS) is 14.8. The number of phenols is 2. The second kappa shape index (κ2) is 27.7. The van der Waals surface area contributed by atoms with Crippen molar-refractivity contribution in [2.45, 2.75) is 41.0 Å². The molecule has 0 saturated heterocycles. The average Bonchev–Trinajstić information content (AvgIpc) is 0.743. The number of hydrogen-bond donors (Lipinski definition) is 15. The maximum atomic E-state index is 13.2. The molecule has 1 aliphatic rings. The molecule has 0 aliphatic heterocycles. The molecule has 96 heavy (non-hydrogen) atoms. The summed E-state index contributed by atoms with van der Waals surface area (Å²) >= 11 is 6.36. The number of hydrogen-bond acceptors (Lipinski definition) is 33. The number of ether oxygens (including phenoxy) is 1. The minimum absolute atomic E-state index is 0.154. The molecule has 0 spiro atoms. The Bertz CT molecular complexity index is 5370. The number of amides is 1. The van der Waals surface area contributed by atoms with Crippen LogP contribution in [-0.4, -0.2) is 154 Å². The Kier molecular flexibility index (Phi) is 21.4. The van der Waals surface area contributed by atoms with Crippen LogP contribution in [0.15, 0.2) is 166 Å².